The Hall–Kier alpha value is -2.83. The van der Waals surface area contributed by atoms with Crippen molar-refractivity contribution in [3.63, 3.8) is 0 Å². The average molecular weight is 390 g/mol. The van der Waals surface area contributed by atoms with Crippen molar-refractivity contribution in [1.29, 1.82) is 0 Å². The Labute approximate surface area is 158 Å². The molecule has 0 fully saturated rings. The Morgan fingerprint density at radius 3 is 2.50 bits per heavy atom. The number of aromatic nitrogens is 2. The van der Waals surface area contributed by atoms with Crippen LogP contribution in [0.5, 0.6) is 5.75 Å². The maximum absolute atomic E-state index is 12.4. The molecule has 132 valence electrons. The third-order valence-electron chi connectivity index (χ3n) is 3.61. The van der Waals surface area contributed by atoms with Gasteiger partial charge in [0.1, 0.15) is 10.8 Å². The van der Waals surface area contributed by atoms with Gasteiger partial charge in [0.2, 0.25) is 0 Å². The zero-order chi connectivity index (χ0) is 18.7. The lowest BCUT2D eigenvalue weighted by molar-refractivity contribution is 0.102. The van der Waals surface area contributed by atoms with Crippen LogP contribution >= 0.6 is 23.2 Å². The van der Waals surface area contributed by atoms with Gasteiger partial charge in [-0.2, -0.15) is 9.78 Å². The maximum atomic E-state index is 12.4. The molecule has 0 unspecified atom stereocenters. The Bertz CT molecular complexity index is 1020. The van der Waals surface area contributed by atoms with E-state index in [1.165, 1.54) is 13.3 Å². The van der Waals surface area contributed by atoms with Crippen molar-refractivity contribution in [3.05, 3.63) is 80.7 Å². The molecule has 1 N–H and O–H groups in total. The van der Waals surface area contributed by atoms with Crippen molar-refractivity contribution in [2.24, 2.45) is 0 Å². The highest BCUT2D eigenvalue weighted by Crippen LogP contribution is 2.24. The van der Waals surface area contributed by atoms with Crippen LogP contribution in [-0.4, -0.2) is 22.8 Å². The number of anilines is 1. The fourth-order valence-corrected chi connectivity index (χ4v) is 2.55. The summed E-state index contributed by atoms with van der Waals surface area (Å²) < 4.78 is 6.32. The molecule has 3 rings (SSSR count). The predicted octanol–water partition coefficient (Wildman–Crippen LogP) is 3.80. The minimum Gasteiger partial charge on any atom is -0.495 e. The van der Waals surface area contributed by atoms with Crippen LogP contribution in [0, 0.1) is 0 Å². The molecule has 0 aliphatic heterocycles. The van der Waals surface area contributed by atoms with Crippen molar-refractivity contribution < 1.29 is 9.53 Å². The SMILES string of the molecule is COc1ccccc1NC(=O)c1ccc(-n2ncc(Cl)c(Cl)c2=O)cc1. The van der Waals surface area contributed by atoms with Crippen LogP contribution in [0.2, 0.25) is 10.0 Å². The van der Waals surface area contributed by atoms with Crippen LogP contribution in [0.4, 0.5) is 5.69 Å². The standard InChI is InChI=1S/C18H13Cl2N3O3/c1-26-15-5-3-2-4-14(15)22-17(24)11-6-8-12(9-7-11)23-18(25)16(20)13(19)10-21-23/h2-10H,1H3,(H,22,24). The number of amides is 1. The molecule has 0 saturated carbocycles. The number of rotatable bonds is 4. The average Bonchev–Trinajstić information content (AvgIpc) is 2.67. The zero-order valence-electron chi connectivity index (χ0n) is 13.6. The third-order valence-corrected chi connectivity index (χ3v) is 4.35. The molecular formula is C18H13Cl2N3O3. The Morgan fingerprint density at radius 2 is 1.81 bits per heavy atom. The number of carbonyl (C=O) groups is 1. The van der Waals surface area contributed by atoms with E-state index >= 15 is 0 Å². The summed E-state index contributed by atoms with van der Waals surface area (Å²) in [6.07, 6.45) is 1.29. The number of nitrogens with one attached hydrogen (secondary N) is 1. The maximum Gasteiger partial charge on any atom is 0.291 e. The van der Waals surface area contributed by atoms with Crippen molar-refractivity contribution in [1.82, 2.24) is 9.78 Å². The smallest absolute Gasteiger partial charge is 0.291 e. The van der Waals surface area contributed by atoms with Crippen LogP contribution < -0.4 is 15.6 Å². The molecule has 0 aliphatic rings. The van der Waals surface area contributed by atoms with Gasteiger partial charge >= 0.3 is 0 Å². The lowest BCUT2D eigenvalue weighted by Gasteiger charge is -2.10. The van der Waals surface area contributed by atoms with E-state index in [9.17, 15) is 9.59 Å². The number of benzene rings is 2. The number of nitrogens with zero attached hydrogens (tertiary/aromatic N) is 2. The number of methoxy groups -OCH3 is 1. The first-order valence-corrected chi connectivity index (χ1v) is 8.25. The summed E-state index contributed by atoms with van der Waals surface area (Å²) in [5.41, 5.74) is 0.895. The van der Waals surface area contributed by atoms with Gasteiger partial charge in [-0.25, -0.2) is 0 Å². The topological polar surface area (TPSA) is 73.2 Å². The van der Waals surface area contributed by atoms with Crippen LogP contribution in [0.1, 0.15) is 10.4 Å². The van der Waals surface area contributed by atoms with Crippen LogP contribution in [0.15, 0.2) is 59.5 Å². The molecule has 26 heavy (non-hydrogen) atoms. The Balaban J connectivity index is 1.85. The number of para-hydroxylation sites is 2. The number of halogens is 2. The van der Waals surface area contributed by atoms with Crippen LogP contribution in [-0.2, 0) is 0 Å². The van der Waals surface area contributed by atoms with E-state index in [-0.39, 0.29) is 16.0 Å². The molecule has 0 bridgehead atoms. The van der Waals surface area contributed by atoms with E-state index in [1.54, 1.807) is 42.5 Å². The molecule has 0 radical (unpaired) electrons. The van der Waals surface area contributed by atoms with Gasteiger partial charge in [-0.3, -0.25) is 9.59 Å². The van der Waals surface area contributed by atoms with E-state index < -0.39 is 5.56 Å². The predicted molar refractivity (Wildman–Crippen MR) is 101 cm³/mol. The highest BCUT2D eigenvalue weighted by Gasteiger charge is 2.12. The molecular weight excluding hydrogens is 377 g/mol. The molecule has 0 saturated heterocycles. The van der Waals surface area contributed by atoms with Gasteiger partial charge in [-0.1, -0.05) is 35.3 Å². The second-order valence-electron chi connectivity index (χ2n) is 5.22. The summed E-state index contributed by atoms with van der Waals surface area (Å²) in [6.45, 7) is 0. The molecule has 0 aliphatic carbocycles. The summed E-state index contributed by atoms with van der Waals surface area (Å²) in [6, 6.07) is 13.4. The summed E-state index contributed by atoms with van der Waals surface area (Å²) in [5, 5.41) is 6.70. The summed E-state index contributed by atoms with van der Waals surface area (Å²) >= 11 is 11.6. The van der Waals surface area contributed by atoms with Gasteiger partial charge in [-0.05, 0) is 36.4 Å². The van der Waals surface area contributed by atoms with E-state index in [1.807, 2.05) is 6.07 Å². The van der Waals surface area contributed by atoms with Gasteiger partial charge in [0.05, 0.1) is 29.7 Å². The molecule has 0 spiro atoms. The highest BCUT2D eigenvalue weighted by molar-refractivity contribution is 6.41. The van der Waals surface area contributed by atoms with Crippen molar-refractivity contribution >= 4 is 34.8 Å². The number of hydrogen-bond donors (Lipinski definition) is 1. The van der Waals surface area contributed by atoms with Gasteiger partial charge in [0.25, 0.3) is 11.5 Å². The van der Waals surface area contributed by atoms with Crippen molar-refractivity contribution in [2.75, 3.05) is 12.4 Å². The number of hydrogen-bond acceptors (Lipinski definition) is 4. The summed E-state index contributed by atoms with van der Waals surface area (Å²) in [7, 11) is 1.53. The summed E-state index contributed by atoms with van der Waals surface area (Å²) in [4.78, 5) is 24.5. The van der Waals surface area contributed by atoms with E-state index in [0.29, 0.717) is 22.7 Å². The fourth-order valence-electron chi connectivity index (χ4n) is 2.29. The molecule has 8 heteroatoms. The Morgan fingerprint density at radius 1 is 1.12 bits per heavy atom. The van der Waals surface area contributed by atoms with E-state index in [4.69, 9.17) is 27.9 Å². The largest absolute Gasteiger partial charge is 0.495 e. The minimum absolute atomic E-state index is 0.0840. The zero-order valence-corrected chi connectivity index (χ0v) is 15.1. The monoisotopic (exact) mass is 389 g/mol. The number of carbonyl (C=O) groups excluding carboxylic acids is 1. The normalized spacial score (nSPS) is 10.4. The second-order valence-corrected chi connectivity index (χ2v) is 6.01. The summed E-state index contributed by atoms with van der Waals surface area (Å²) in [5.74, 6) is 0.250. The van der Waals surface area contributed by atoms with E-state index in [0.717, 1.165) is 4.68 Å². The first-order valence-electron chi connectivity index (χ1n) is 7.49. The third kappa shape index (κ3) is 3.56. The Kier molecular flexibility index (Phi) is 5.25. The first-order chi connectivity index (χ1) is 12.5. The van der Waals surface area contributed by atoms with Crippen LogP contribution in [0.3, 0.4) is 0 Å². The lowest BCUT2D eigenvalue weighted by atomic mass is 10.2. The van der Waals surface area contributed by atoms with Gasteiger partial charge in [0, 0.05) is 5.56 Å². The van der Waals surface area contributed by atoms with Crippen molar-refractivity contribution in [3.8, 4) is 11.4 Å². The van der Waals surface area contributed by atoms with E-state index in [2.05, 4.69) is 10.4 Å². The van der Waals surface area contributed by atoms with Gasteiger partial charge in [0.15, 0.2) is 0 Å². The van der Waals surface area contributed by atoms with Gasteiger partial charge < -0.3 is 10.1 Å². The van der Waals surface area contributed by atoms with Gasteiger partial charge in [-0.15, -0.1) is 0 Å². The number of ether oxygens (including phenoxy) is 1. The molecule has 1 aromatic heterocycles. The molecule has 2 aromatic carbocycles. The van der Waals surface area contributed by atoms with Crippen molar-refractivity contribution in [2.45, 2.75) is 0 Å². The molecule has 6 nitrogen and oxygen atoms in total. The first kappa shape index (κ1) is 18.0. The second kappa shape index (κ2) is 7.59. The quantitative estimate of drug-likeness (QED) is 0.736. The molecule has 0 atom stereocenters. The minimum atomic E-state index is -0.537. The fraction of sp³-hybridized carbons (Fsp3) is 0.0556. The highest BCUT2D eigenvalue weighted by atomic mass is 35.5. The molecule has 3 aromatic rings. The molecule has 1 heterocycles. The lowest BCUT2D eigenvalue weighted by Crippen LogP contribution is -2.21. The van der Waals surface area contributed by atoms with Crippen LogP contribution in [0.25, 0.3) is 5.69 Å². The molecule has 1 amide bonds.